The van der Waals surface area contributed by atoms with Crippen LogP contribution >= 0.6 is 15.9 Å². The molecule has 4 nitrogen and oxygen atoms in total. The molecule has 0 heterocycles. The summed E-state index contributed by atoms with van der Waals surface area (Å²) in [5.41, 5.74) is 0. The summed E-state index contributed by atoms with van der Waals surface area (Å²) in [5, 5.41) is 0. The average molecular weight is 273 g/mol. The summed E-state index contributed by atoms with van der Waals surface area (Å²) in [7, 11) is 0. The van der Waals surface area contributed by atoms with Crippen molar-refractivity contribution in [2.45, 2.75) is 18.2 Å². The number of carbonyl (C=O) groups is 3. The van der Waals surface area contributed by atoms with E-state index < -0.39 is 28.8 Å². The van der Waals surface area contributed by atoms with E-state index in [0.717, 1.165) is 0 Å². The smallest absolute Gasteiger partial charge is 0.376 e. The van der Waals surface area contributed by atoms with Gasteiger partial charge in [-0.2, -0.15) is 0 Å². The average Bonchev–Trinajstić information content (AvgIpc) is 2.14. The lowest BCUT2D eigenvalue weighted by Gasteiger charge is -2.05. The van der Waals surface area contributed by atoms with Crippen LogP contribution in [0.3, 0.4) is 0 Å². The van der Waals surface area contributed by atoms with Crippen molar-refractivity contribution in [2.75, 3.05) is 6.61 Å². The number of Topliss-reactive ketones (excluding diaryl/α,β-unsaturated/α-hetero) is 2. The normalized spacial score (nSPS) is 12.4. The largest absolute Gasteiger partial charge is 0.460 e. The monoisotopic (exact) mass is 272 g/mol. The van der Waals surface area contributed by atoms with Crippen molar-refractivity contribution in [1.29, 1.82) is 0 Å². The Labute approximate surface area is 86.7 Å². The second-order valence-electron chi connectivity index (χ2n) is 2.15. The fourth-order valence-corrected chi connectivity index (χ4v) is 0.932. The van der Waals surface area contributed by atoms with Crippen LogP contribution in [0, 0.1) is 0 Å². The van der Waals surface area contributed by atoms with Crippen LogP contribution in [0.1, 0.15) is 6.92 Å². The number of ketones is 2. The van der Waals surface area contributed by atoms with Crippen molar-refractivity contribution in [3.05, 3.63) is 0 Å². The fourth-order valence-electron chi connectivity index (χ4n) is 0.546. The van der Waals surface area contributed by atoms with Gasteiger partial charge in [0.05, 0.1) is 6.61 Å². The highest BCUT2D eigenvalue weighted by molar-refractivity contribution is 9.10. The lowest BCUT2D eigenvalue weighted by Crippen LogP contribution is -2.35. The van der Waals surface area contributed by atoms with Crippen LogP contribution in [0.25, 0.3) is 0 Å². The van der Waals surface area contributed by atoms with Gasteiger partial charge in [-0.25, -0.2) is 13.6 Å². The minimum Gasteiger partial charge on any atom is -0.460 e. The molecular formula is C7H7BrF2O4. The summed E-state index contributed by atoms with van der Waals surface area (Å²) >= 11 is 2.40. The molecule has 80 valence electrons. The van der Waals surface area contributed by atoms with Crippen molar-refractivity contribution < 1.29 is 27.9 Å². The molecule has 0 aromatic rings. The Morgan fingerprint density at radius 3 is 2.21 bits per heavy atom. The number of halogens is 3. The van der Waals surface area contributed by atoms with Gasteiger partial charge in [0.2, 0.25) is 5.78 Å². The number of rotatable bonds is 5. The molecule has 0 aromatic carbocycles. The molecule has 0 radical (unpaired) electrons. The van der Waals surface area contributed by atoms with E-state index >= 15 is 0 Å². The van der Waals surface area contributed by atoms with Gasteiger partial charge in [-0.05, 0) is 6.92 Å². The Morgan fingerprint density at radius 2 is 1.86 bits per heavy atom. The Morgan fingerprint density at radius 1 is 1.36 bits per heavy atom. The molecule has 0 aliphatic rings. The van der Waals surface area contributed by atoms with Crippen LogP contribution in [0.4, 0.5) is 8.78 Å². The Hall–Kier alpha value is -0.850. The first-order valence-electron chi connectivity index (χ1n) is 3.58. The fraction of sp³-hybridized carbons (Fsp3) is 0.571. The maximum atomic E-state index is 11.8. The highest BCUT2D eigenvalue weighted by Crippen LogP contribution is 2.09. The number of hydrogen-bond acceptors (Lipinski definition) is 4. The Bertz CT molecular complexity index is 254. The lowest BCUT2D eigenvalue weighted by molar-refractivity contribution is -0.154. The van der Waals surface area contributed by atoms with Crippen LogP contribution in [-0.2, 0) is 19.1 Å². The number of carbonyl (C=O) groups excluding carboxylic acids is 3. The zero-order valence-electron chi connectivity index (χ0n) is 7.13. The van der Waals surface area contributed by atoms with Gasteiger partial charge in [-0.1, -0.05) is 15.9 Å². The third-order valence-electron chi connectivity index (χ3n) is 1.17. The minimum atomic E-state index is -3.29. The van der Waals surface area contributed by atoms with Gasteiger partial charge >= 0.3 is 5.97 Å². The van der Waals surface area contributed by atoms with Gasteiger partial charge in [0.1, 0.15) is 4.83 Å². The van der Waals surface area contributed by atoms with E-state index in [9.17, 15) is 23.2 Å². The predicted molar refractivity (Wildman–Crippen MR) is 45.4 cm³/mol. The zero-order valence-corrected chi connectivity index (χ0v) is 8.71. The van der Waals surface area contributed by atoms with E-state index in [-0.39, 0.29) is 6.61 Å². The van der Waals surface area contributed by atoms with Crippen molar-refractivity contribution >= 4 is 33.5 Å². The van der Waals surface area contributed by atoms with E-state index in [1.165, 1.54) is 6.92 Å². The van der Waals surface area contributed by atoms with E-state index in [0.29, 0.717) is 0 Å². The van der Waals surface area contributed by atoms with Gasteiger partial charge in [0.15, 0.2) is 0 Å². The summed E-state index contributed by atoms with van der Waals surface area (Å²) in [6, 6.07) is 0. The molecule has 0 fully saturated rings. The summed E-state index contributed by atoms with van der Waals surface area (Å²) in [5.74, 6) is -4.27. The predicted octanol–water partition coefficient (Wildman–Crippen LogP) is 0.716. The molecule has 1 atom stereocenters. The van der Waals surface area contributed by atoms with Crippen LogP contribution < -0.4 is 0 Å². The molecule has 0 aliphatic carbocycles. The van der Waals surface area contributed by atoms with Gasteiger partial charge in [0.25, 0.3) is 12.2 Å². The Balaban J connectivity index is 4.39. The molecule has 1 unspecified atom stereocenters. The van der Waals surface area contributed by atoms with Gasteiger partial charge < -0.3 is 4.74 Å². The van der Waals surface area contributed by atoms with E-state index in [2.05, 4.69) is 20.7 Å². The molecular weight excluding hydrogens is 266 g/mol. The summed E-state index contributed by atoms with van der Waals surface area (Å²) in [6.45, 7) is 1.39. The van der Waals surface area contributed by atoms with Crippen LogP contribution in [0.2, 0.25) is 0 Å². The molecule has 7 heteroatoms. The molecule has 0 spiro atoms. The van der Waals surface area contributed by atoms with Crippen molar-refractivity contribution in [1.82, 2.24) is 0 Å². The van der Waals surface area contributed by atoms with Crippen molar-refractivity contribution in [2.24, 2.45) is 0 Å². The quantitative estimate of drug-likeness (QED) is 0.320. The molecule has 0 aromatic heterocycles. The molecule has 0 aliphatic heterocycles. The third kappa shape index (κ3) is 3.49. The van der Waals surface area contributed by atoms with Crippen molar-refractivity contribution in [3.63, 3.8) is 0 Å². The second kappa shape index (κ2) is 5.79. The molecule has 0 rings (SSSR count). The maximum Gasteiger partial charge on any atom is 0.376 e. The summed E-state index contributed by atoms with van der Waals surface area (Å²) < 4.78 is 27.8. The number of alkyl halides is 3. The molecule has 14 heavy (non-hydrogen) atoms. The first kappa shape index (κ1) is 13.2. The SMILES string of the molecule is CCOC(=O)C(=O)C(Br)C(=O)C(F)F. The third-order valence-corrected chi connectivity index (χ3v) is 2.04. The summed E-state index contributed by atoms with van der Waals surface area (Å²) in [4.78, 5) is 30.4. The number of hydrogen-bond donors (Lipinski definition) is 0. The molecule has 0 amide bonds. The molecule has 0 N–H and O–H groups in total. The maximum absolute atomic E-state index is 11.8. The highest BCUT2D eigenvalue weighted by atomic mass is 79.9. The van der Waals surface area contributed by atoms with Crippen LogP contribution in [0.5, 0.6) is 0 Å². The first-order valence-corrected chi connectivity index (χ1v) is 4.50. The Kier molecular flexibility index (Phi) is 5.44. The minimum absolute atomic E-state index is 0.0623. The molecule has 0 saturated heterocycles. The number of esters is 1. The second-order valence-corrected chi connectivity index (χ2v) is 3.07. The standard InChI is InChI=1S/C7H7BrF2O4/c1-2-14-7(13)5(12)3(8)4(11)6(9)10/h3,6H,2H2,1H3. The lowest BCUT2D eigenvalue weighted by atomic mass is 10.2. The highest BCUT2D eigenvalue weighted by Gasteiger charge is 2.34. The van der Waals surface area contributed by atoms with E-state index in [4.69, 9.17) is 0 Å². The molecule has 0 saturated carbocycles. The van der Waals surface area contributed by atoms with Gasteiger partial charge in [-0.15, -0.1) is 0 Å². The number of ether oxygens (including phenoxy) is 1. The van der Waals surface area contributed by atoms with Crippen LogP contribution in [0.15, 0.2) is 0 Å². The van der Waals surface area contributed by atoms with Gasteiger partial charge in [0, 0.05) is 0 Å². The topological polar surface area (TPSA) is 60.4 Å². The zero-order chi connectivity index (χ0) is 11.3. The summed E-state index contributed by atoms with van der Waals surface area (Å²) in [6.07, 6.45) is -3.29. The van der Waals surface area contributed by atoms with Crippen molar-refractivity contribution in [3.8, 4) is 0 Å². The molecule has 0 bridgehead atoms. The van der Waals surface area contributed by atoms with E-state index in [1.807, 2.05) is 0 Å². The first-order chi connectivity index (χ1) is 6.41. The van der Waals surface area contributed by atoms with Gasteiger partial charge in [-0.3, -0.25) is 9.59 Å². The van der Waals surface area contributed by atoms with E-state index in [1.54, 1.807) is 0 Å². The van der Waals surface area contributed by atoms with Crippen LogP contribution in [-0.4, -0.2) is 35.4 Å².